The van der Waals surface area contributed by atoms with Crippen LogP contribution in [0.2, 0.25) is 0 Å². The average molecular weight is 162 g/mol. The Morgan fingerprint density at radius 1 is 1.60 bits per heavy atom. The lowest BCUT2D eigenvalue weighted by Crippen LogP contribution is -2.03. The Balaban J connectivity index is 3.05. The van der Waals surface area contributed by atoms with Crippen LogP contribution in [-0.2, 0) is 4.74 Å². The molecular formula is C7H14O2S. The molecule has 0 atom stereocenters. The predicted molar refractivity (Wildman–Crippen MR) is 45.2 cm³/mol. The van der Waals surface area contributed by atoms with Crippen LogP contribution in [0.25, 0.3) is 0 Å². The van der Waals surface area contributed by atoms with Gasteiger partial charge in [0.15, 0.2) is 5.05 Å². The summed E-state index contributed by atoms with van der Waals surface area (Å²) in [7, 11) is 0. The molecule has 0 aliphatic carbocycles. The molecule has 0 aliphatic heterocycles. The van der Waals surface area contributed by atoms with Crippen molar-refractivity contribution >= 4 is 17.3 Å². The Morgan fingerprint density at radius 3 is 2.80 bits per heavy atom. The molecule has 2 nitrogen and oxygen atoms in total. The maximum atomic E-state index is 8.39. The van der Waals surface area contributed by atoms with Gasteiger partial charge in [-0.25, -0.2) is 0 Å². The van der Waals surface area contributed by atoms with E-state index in [1.165, 1.54) is 0 Å². The van der Waals surface area contributed by atoms with Gasteiger partial charge < -0.3 is 9.84 Å². The number of thiocarbonyl (C=S) groups is 1. The first kappa shape index (κ1) is 9.85. The summed E-state index contributed by atoms with van der Waals surface area (Å²) in [6, 6.07) is 0. The third-order valence-electron chi connectivity index (χ3n) is 1.02. The van der Waals surface area contributed by atoms with Crippen molar-refractivity contribution in [2.75, 3.05) is 13.2 Å². The van der Waals surface area contributed by atoms with Crippen LogP contribution in [0.15, 0.2) is 0 Å². The van der Waals surface area contributed by atoms with Gasteiger partial charge in [0.05, 0.1) is 6.61 Å². The van der Waals surface area contributed by atoms with Crippen molar-refractivity contribution in [2.24, 2.45) is 0 Å². The van der Waals surface area contributed by atoms with E-state index in [0.717, 1.165) is 12.8 Å². The number of aliphatic hydroxyl groups is 1. The van der Waals surface area contributed by atoms with Crippen molar-refractivity contribution in [2.45, 2.75) is 26.2 Å². The maximum absolute atomic E-state index is 8.39. The van der Waals surface area contributed by atoms with Gasteiger partial charge in [-0.1, -0.05) is 6.92 Å². The minimum absolute atomic E-state index is 0.175. The molecular weight excluding hydrogens is 148 g/mol. The molecule has 0 saturated heterocycles. The number of hydrogen-bond acceptors (Lipinski definition) is 3. The van der Waals surface area contributed by atoms with Gasteiger partial charge in [-0.2, -0.15) is 0 Å². The van der Waals surface area contributed by atoms with E-state index in [0.29, 0.717) is 18.1 Å². The lowest BCUT2D eigenvalue weighted by Gasteiger charge is -2.03. The lowest BCUT2D eigenvalue weighted by atomic mass is 10.4. The summed E-state index contributed by atoms with van der Waals surface area (Å²) in [6.45, 7) is 2.78. The van der Waals surface area contributed by atoms with E-state index in [9.17, 15) is 0 Å². The Labute approximate surface area is 67.2 Å². The molecule has 0 saturated carbocycles. The van der Waals surface area contributed by atoms with E-state index < -0.39 is 0 Å². The highest BCUT2D eigenvalue weighted by atomic mass is 32.1. The smallest absolute Gasteiger partial charge is 0.159 e. The molecule has 0 aliphatic rings. The SMILES string of the molecule is CCCC(=S)OCCCO. The van der Waals surface area contributed by atoms with Crippen molar-refractivity contribution in [1.29, 1.82) is 0 Å². The zero-order chi connectivity index (χ0) is 7.82. The van der Waals surface area contributed by atoms with E-state index in [1.54, 1.807) is 0 Å². The summed E-state index contributed by atoms with van der Waals surface area (Å²) < 4.78 is 5.09. The van der Waals surface area contributed by atoms with Crippen molar-refractivity contribution in [1.82, 2.24) is 0 Å². The Hall–Kier alpha value is -0.150. The van der Waals surface area contributed by atoms with Crippen LogP contribution in [0.5, 0.6) is 0 Å². The maximum Gasteiger partial charge on any atom is 0.159 e. The van der Waals surface area contributed by atoms with Crippen LogP contribution in [0.4, 0.5) is 0 Å². The zero-order valence-corrected chi connectivity index (χ0v) is 7.12. The van der Waals surface area contributed by atoms with Crippen molar-refractivity contribution in [3.63, 3.8) is 0 Å². The molecule has 0 heterocycles. The monoisotopic (exact) mass is 162 g/mol. The summed E-state index contributed by atoms with van der Waals surface area (Å²) in [5.41, 5.74) is 0. The van der Waals surface area contributed by atoms with Gasteiger partial charge in [0.2, 0.25) is 0 Å². The van der Waals surface area contributed by atoms with Gasteiger partial charge in [0.25, 0.3) is 0 Å². The molecule has 1 N–H and O–H groups in total. The fourth-order valence-electron chi connectivity index (χ4n) is 0.527. The topological polar surface area (TPSA) is 29.5 Å². The summed E-state index contributed by atoms with van der Waals surface area (Å²) in [4.78, 5) is 0. The molecule has 0 unspecified atom stereocenters. The summed E-state index contributed by atoms with van der Waals surface area (Å²) in [5.74, 6) is 0. The number of rotatable bonds is 5. The van der Waals surface area contributed by atoms with Crippen molar-refractivity contribution in [3.05, 3.63) is 0 Å². The molecule has 10 heavy (non-hydrogen) atoms. The minimum atomic E-state index is 0.175. The van der Waals surface area contributed by atoms with Gasteiger partial charge in [0, 0.05) is 19.4 Å². The Bertz CT molecular complexity index is 93.6. The number of ether oxygens (including phenoxy) is 1. The normalized spacial score (nSPS) is 9.40. The molecule has 0 radical (unpaired) electrons. The van der Waals surface area contributed by atoms with Crippen LogP contribution >= 0.6 is 12.2 Å². The van der Waals surface area contributed by atoms with E-state index in [1.807, 2.05) is 0 Å². The first-order valence-corrected chi connectivity index (χ1v) is 3.98. The standard InChI is InChI=1S/C7H14O2S/c1-2-4-7(10)9-6-3-5-8/h8H,2-6H2,1H3. The van der Waals surface area contributed by atoms with E-state index in [-0.39, 0.29) is 6.61 Å². The van der Waals surface area contributed by atoms with E-state index in [4.69, 9.17) is 22.1 Å². The molecule has 0 amide bonds. The Kier molecular flexibility index (Phi) is 6.86. The Morgan fingerprint density at radius 2 is 2.30 bits per heavy atom. The molecule has 0 aromatic carbocycles. The average Bonchev–Trinajstić information content (AvgIpc) is 1.89. The largest absolute Gasteiger partial charge is 0.487 e. The van der Waals surface area contributed by atoms with Gasteiger partial charge in [0.1, 0.15) is 0 Å². The van der Waals surface area contributed by atoms with Gasteiger partial charge >= 0.3 is 0 Å². The number of aliphatic hydroxyl groups excluding tert-OH is 1. The first-order chi connectivity index (χ1) is 4.81. The fourth-order valence-corrected chi connectivity index (χ4v) is 0.814. The summed E-state index contributed by atoms with van der Waals surface area (Å²) in [5, 5.41) is 9.05. The van der Waals surface area contributed by atoms with Crippen LogP contribution in [0.3, 0.4) is 0 Å². The molecule has 3 heteroatoms. The van der Waals surface area contributed by atoms with Crippen LogP contribution in [-0.4, -0.2) is 23.4 Å². The molecule has 0 rings (SSSR count). The van der Waals surface area contributed by atoms with Crippen LogP contribution in [0.1, 0.15) is 26.2 Å². The summed E-state index contributed by atoms with van der Waals surface area (Å²) in [6.07, 6.45) is 2.54. The number of hydrogen-bond donors (Lipinski definition) is 1. The molecule has 0 spiro atoms. The molecule has 0 aromatic rings. The molecule has 0 fully saturated rings. The highest BCUT2D eigenvalue weighted by Gasteiger charge is 1.93. The third-order valence-corrected chi connectivity index (χ3v) is 1.34. The predicted octanol–water partition coefficient (Wildman–Crippen LogP) is 1.51. The van der Waals surface area contributed by atoms with E-state index in [2.05, 4.69) is 6.92 Å². The van der Waals surface area contributed by atoms with Gasteiger partial charge in [-0.15, -0.1) is 0 Å². The first-order valence-electron chi connectivity index (χ1n) is 3.57. The van der Waals surface area contributed by atoms with Crippen molar-refractivity contribution < 1.29 is 9.84 Å². The second kappa shape index (κ2) is 6.96. The van der Waals surface area contributed by atoms with Crippen molar-refractivity contribution in [3.8, 4) is 0 Å². The minimum Gasteiger partial charge on any atom is -0.487 e. The van der Waals surface area contributed by atoms with Crippen LogP contribution in [0, 0.1) is 0 Å². The lowest BCUT2D eigenvalue weighted by molar-refractivity contribution is 0.227. The van der Waals surface area contributed by atoms with E-state index >= 15 is 0 Å². The molecule has 0 aromatic heterocycles. The zero-order valence-electron chi connectivity index (χ0n) is 6.30. The second-order valence-corrected chi connectivity index (χ2v) is 2.50. The van der Waals surface area contributed by atoms with Gasteiger partial charge in [-0.3, -0.25) is 0 Å². The quantitative estimate of drug-likeness (QED) is 0.491. The molecule has 0 bridgehead atoms. The van der Waals surface area contributed by atoms with Gasteiger partial charge in [-0.05, 0) is 18.6 Å². The highest BCUT2D eigenvalue weighted by Crippen LogP contribution is 1.94. The highest BCUT2D eigenvalue weighted by molar-refractivity contribution is 7.80. The fraction of sp³-hybridized carbons (Fsp3) is 0.857. The molecule has 60 valence electrons. The third kappa shape index (κ3) is 5.98. The summed E-state index contributed by atoms with van der Waals surface area (Å²) >= 11 is 4.86. The van der Waals surface area contributed by atoms with Crippen LogP contribution < -0.4 is 0 Å². The second-order valence-electron chi connectivity index (χ2n) is 2.05.